The number of aromatic nitrogens is 2. The minimum Gasteiger partial charge on any atom is -0.475 e. The van der Waals surface area contributed by atoms with Crippen molar-refractivity contribution in [1.29, 1.82) is 0 Å². The maximum absolute atomic E-state index is 10.6. The first-order valence-electron chi connectivity index (χ1n) is 8.47. The summed E-state index contributed by atoms with van der Waals surface area (Å²) < 4.78 is 34.0. The molecule has 1 aliphatic heterocycles. The van der Waals surface area contributed by atoms with Crippen molar-refractivity contribution in [2.45, 2.75) is 18.6 Å². The Labute approximate surface area is 172 Å². The number of halogens is 4. The van der Waals surface area contributed by atoms with Gasteiger partial charge in [0.05, 0.1) is 10.2 Å². The average molecular weight is 448 g/mol. The smallest absolute Gasteiger partial charge is 0.475 e. The molecule has 1 fully saturated rings. The quantitative estimate of drug-likeness (QED) is 0.552. The van der Waals surface area contributed by atoms with Crippen LogP contribution in [0.1, 0.15) is 6.42 Å². The van der Waals surface area contributed by atoms with E-state index < -0.39 is 12.1 Å². The van der Waals surface area contributed by atoms with Gasteiger partial charge in [-0.25, -0.2) is 9.78 Å². The Balaban J connectivity index is 0.000000298. The monoisotopic (exact) mass is 447 g/mol. The number of aliphatic carboxylic acids is 1. The maximum Gasteiger partial charge on any atom is 0.490 e. The first kappa shape index (κ1) is 21.3. The zero-order valence-electron chi connectivity index (χ0n) is 15.1. The second kappa shape index (κ2) is 8.17. The Kier molecular flexibility index (Phi) is 6.01. The fraction of sp³-hybridized carbons (Fsp3) is 0.353. The van der Waals surface area contributed by atoms with Crippen molar-refractivity contribution in [3.05, 3.63) is 23.2 Å². The number of nitrogens with two attached hydrogens (primary N) is 1. The Morgan fingerprint density at radius 2 is 2.10 bits per heavy atom. The summed E-state index contributed by atoms with van der Waals surface area (Å²) in [6.07, 6.45) is -3.97. The summed E-state index contributed by atoms with van der Waals surface area (Å²) in [5.41, 5.74) is 6.86. The van der Waals surface area contributed by atoms with Crippen molar-refractivity contribution >= 4 is 61.0 Å². The number of carboxylic acid groups (broad SMARTS) is 1. The van der Waals surface area contributed by atoms with Gasteiger partial charge < -0.3 is 21.1 Å². The molecule has 1 saturated heterocycles. The lowest BCUT2D eigenvalue weighted by atomic mass is 10.2. The molecule has 7 nitrogen and oxygen atoms in total. The van der Waals surface area contributed by atoms with Gasteiger partial charge in [0.25, 0.3) is 0 Å². The number of alkyl halides is 3. The molecule has 0 bridgehead atoms. The topological polar surface area (TPSA) is 104 Å². The van der Waals surface area contributed by atoms with E-state index in [0.717, 1.165) is 45.6 Å². The van der Waals surface area contributed by atoms with Crippen molar-refractivity contribution in [2.75, 3.05) is 30.8 Å². The molecule has 29 heavy (non-hydrogen) atoms. The molecule has 0 aliphatic carbocycles. The van der Waals surface area contributed by atoms with Gasteiger partial charge in [-0.3, -0.25) is 0 Å². The predicted octanol–water partition coefficient (Wildman–Crippen LogP) is 3.51. The van der Waals surface area contributed by atoms with Gasteiger partial charge in [-0.05, 0) is 31.7 Å². The fourth-order valence-corrected chi connectivity index (χ4v) is 4.33. The fourth-order valence-electron chi connectivity index (χ4n) is 3.02. The number of likely N-dealkylation sites (N-methyl/N-ethyl adjacent to an activating group) is 1. The van der Waals surface area contributed by atoms with E-state index in [2.05, 4.69) is 20.2 Å². The molecule has 0 saturated carbocycles. The number of thiophene rings is 1. The maximum atomic E-state index is 10.6. The largest absolute Gasteiger partial charge is 0.490 e. The molecule has 3 aromatic rings. The van der Waals surface area contributed by atoms with Crippen molar-refractivity contribution < 1.29 is 23.1 Å². The van der Waals surface area contributed by atoms with E-state index in [4.69, 9.17) is 27.2 Å². The van der Waals surface area contributed by atoms with E-state index in [1.54, 1.807) is 11.3 Å². The number of nitrogens with one attached hydrogen (secondary N) is 1. The lowest BCUT2D eigenvalue weighted by molar-refractivity contribution is -0.192. The van der Waals surface area contributed by atoms with Crippen LogP contribution in [0.4, 0.5) is 24.9 Å². The highest BCUT2D eigenvalue weighted by atomic mass is 35.5. The van der Waals surface area contributed by atoms with Crippen LogP contribution in [0.2, 0.25) is 5.02 Å². The van der Waals surface area contributed by atoms with Crippen molar-refractivity contribution in [3.63, 3.8) is 0 Å². The molecule has 0 unspecified atom stereocenters. The first-order chi connectivity index (χ1) is 13.6. The zero-order chi connectivity index (χ0) is 21.3. The van der Waals surface area contributed by atoms with Crippen LogP contribution >= 0.6 is 22.9 Å². The Morgan fingerprint density at radius 3 is 2.69 bits per heavy atom. The lowest BCUT2D eigenvalue weighted by Crippen LogP contribution is -2.30. The molecule has 0 radical (unpaired) electrons. The molecule has 0 amide bonds. The second-order valence-electron chi connectivity index (χ2n) is 6.35. The van der Waals surface area contributed by atoms with Crippen molar-refractivity contribution in [1.82, 2.24) is 15.3 Å². The van der Waals surface area contributed by atoms with E-state index in [9.17, 15) is 13.2 Å². The van der Waals surface area contributed by atoms with Crippen LogP contribution in [0.15, 0.2) is 18.2 Å². The summed E-state index contributed by atoms with van der Waals surface area (Å²) >= 11 is 7.83. The number of rotatable bonds is 2. The molecule has 12 heteroatoms. The van der Waals surface area contributed by atoms with Crippen LogP contribution in [-0.2, 0) is 4.79 Å². The van der Waals surface area contributed by atoms with Gasteiger partial charge in [-0.15, -0.1) is 11.3 Å². The number of anilines is 2. The molecule has 2 aromatic heterocycles. The van der Waals surface area contributed by atoms with Gasteiger partial charge in [0.2, 0.25) is 5.95 Å². The third-order valence-corrected chi connectivity index (χ3v) is 5.80. The summed E-state index contributed by atoms with van der Waals surface area (Å²) in [5.74, 6) is -1.50. The molecule has 156 valence electrons. The number of carboxylic acids is 1. The standard InChI is InChI=1S/C15H16ClN5S.C2HF3O2/c1-18-9-4-5-21(7-9)14-13-12(19-15(17)20-14)10-6-8(16)2-3-11(10)22-13;3-2(4,5)1(6)7/h2-3,6,9,18H,4-5,7H2,1H3,(H2,17,19,20);(H,6,7)/t9-;/m0./s1. The highest BCUT2D eigenvalue weighted by molar-refractivity contribution is 7.26. The van der Waals surface area contributed by atoms with Crippen LogP contribution < -0.4 is 16.0 Å². The predicted molar refractivity (Wildman–Crippen MR) is 108 cm³/mol. The van der Waals surface area contributed by atoms with E-state index in [1.807, 2.05) is 25.2 Å². The molecule has 4 N–H and O–H groups in total. The number of hydrogen-bond acceptors (Lipinski definition) is 7. The van der Waals surface area contributed by atoms with Crippen molar-refractivity contribution in [2.24, 2.45) is 0 Å². The number of fused-ring (bicyclic) bond motifs is 3. The second-order valence-corrected chi connectivity index (χ2v) is 7.84. The van der Waals surface area contributed by atoms with Gasteiger partial charge in [-0.2, -0.15) is 18.2 Å². The molecule has 1 aromatic carbocycles. The molecule has 4 rings (SSSR count). The van der Waals surface area contributed by atoms with Gasteiger partial charge in [-0.1, -0.05) is 11.6 Å². The minimum atomic E-state index is -5.08. The summed E-state index contributed by atoms with van der Waals surface area (Å²) in [5, 5.41) is 12.2. The number of nitrogens with zero attached hydrogens (tertiary/aromatic N) is 3. The number of nitrogen functional groups attached to an aromatic ring is 1. The van der Waals surface area contributed by atoms with E-state index >= 15 is 0 Å². The zero-order valence-corrected chi connectivity index (χ0v) is 16.7. The third-order valence-electron chi connectivity index (χ3n) is 4.41. The van der Waals surface area contributed by atoms with Crippen LogP contribution in [0.3, 0.4) is 0 Å². The minimum absolute atomic E-state index is 0.315. The third kappa shape index (κ3) is 4.62. The molecule has 3 heterocycles. The molecule has 1 atom stereocenters. The van der Waals surface area contributed by atoms with Gasteiger partial charge in [0.15, 0.2) is 5.82 Å². The summed E-state index contributed by atoms with van der Waals surface area (Å²) in [4.78, 5) is 20.2. The summed E-state index contributed by atoms with van der Waals surface area (Å²) in [6, 6.07) is 6.38. The molecular formula is C17H17ClF3N5O2S. The summed E-state index contributed by atoms with van der Waals surface area (Å²) in [7, 11) is 2.00. The molecule has 0 spiro atoms. The first-order valence-corrected chi connectivity index (χ1v) is 9.67. The van der Waals surface area contributed by atoms with E-state index in [0.29, 0.717) is 17.0 Å². The van der Waals surface area contributed by atoms with Gasteiger partial charge >= 0.3 is 12.1 Å². The Bertz CT molecular complexity index is 1060. The molecular weight excluding hydrogens is 431 g/mol. The highest BCUT2D eigenvalue weighted by Gasteiger charge is 2.38. The number of benzene rings is 1. The van der Waals surface area contributed by atoms with Crippen LogP contribution in [0.25, 0.3) is 20.3 Å². The van der Waals surface area contributed by atoms with Crippen molar-refractivity contribution in [3.8, 4) is 0 Å². The summed E-state index contributed by atoms with van der Waals surface area (Å²) in [6.45, 7) is 1.92. The normalized spacial score (nSPS) is 16.9. The van der Waals surface area contributed by atoms with E-state index in [-0.39, 0.29) is 0 Å². The van der Waals surface area contributed by atoms with Gasteiger partial charge in [0.1, 0.15) is 0 Å². The molecule has 1 aliphatic rings. The Hall–Kier alpha value is -2.37. The number of hydrogen-bond donors (Lipinski definition) is 3. The van der Waals surface area contributed by atoms with Gasteiger partial charge in [0, 0.05) is 34.2 Å². The van der Waals surface area contributed by atoms with Crippen LogP contribution in [0, 0.1) is 0 Å². The SMILES string of the molecule is CN[C@H]1CCN(c2nc(N)nc3c2sc2ccc(Cl)cc23)C1.O=C(O)C(F)(F)F. The average Bonchev–Trinajstić information content (AvgIpc) is 3.25. The Morgan fingerprint density at radius 1 is 1.41 bits per heavy atom. The lowest BCUT2D eigenvalue weighted by Gasteiger charge is -2.18. The van der Waals surface area contributed by atoms with E-state index in [1.165, 1.54) is 0 Å². The number of carbonyl (C=O) groups is 1. The van der Waals surface area contributed by atoms with Crippen LogP contribution in [0.5, 0.6) is 0 Å². The highest BCUT2D eigenvalue weighted by Crippen LogP contribution is 2.39. The van der Waals surface area contributed by atoms with Crippen LogP contribution in [-0.4, -0.2) is 53.4 Å².